The van der Waals surface area contributed by atoms with E-state index in [-0.39, 0.29) is 18.9 Å². The van der Waals surface area contributed by atoms with E-state index in [1.54, 1.807) is 6.07 Å². The first-order valence-electron chi connectivity index (χ1n) is 9.37. The molecular weight excluding hydrogens is 456 g/mol. The second-order valence-corrected chi connectivity index (χ2v) is 9.65. The maximum absolute atomic E-state index is 12.2. The average Bonchev–Trinajstić information content (AvgIpc) is 2.64. The quantitative estimate of drug-likeness (QED) is 0.522. The van der Waals surface area contributed by atoms with Gasteiger partial charge in [0.05, 0.1) is 18.5 Å². The molecule has 0 aliphatic carbocycles. The van der Waals surface area contributed by atoms with Crippen LogP contribution in [0.1, 0.15) is 24.0 Å². The van der Waals surface area contributed by atoms with E-state index in [0.29, 0.717) is 25.3 Å². The van der Waals surface area contributed by atoms with Crippen molar-refractivity contribution in [1.82, 2.24) is 5.32 Å². The van der Waals surface area contributed by atoms with Crippen LogP contribution >= 0.6 is 15.9 Å². The molecule has 2 aromatic rings. The van der Waals surface area contributed by atoms with Gasteiger partial charge in [-0.3, -0.25) is 9.10 Å². The Morgan fingerprint density at radius 2 is 1.93 bits per heavy atom. The van der Waals surface area contributed by atoms with E-state index in [4.69, 9.17) is 4.74 Å². The molecule has 8 heteroatoms. The zero-order chi connectivity index (χ0) is 21.4. The fourth-order valence-corrected chi connectivity index (χ4v) is 4.01. The average molecular weight is 483 g/mol. The number of aryl methyl sites for hydroxylation is 2. The van der Waals surface area contributed by atoms with Crippen LogP contribution in [0.25, 0.3) is 0 Å². The van der Waals surface area contributed by atoms with E-state index in [0.717, 1.165) is 21.3 Å². The fourth-order valence-electron chi connectivity index (χ4n) is 2.81. The largest absolute Gasteiger partial charge is 0.492 e. The number of carbonyl (C=O) groups is 1. The Kier molecular flexibility index (Phi) is 8.52. The molecule has 2 rings (SSSR count). The summed E-state index contributed by atoms with van der Waals surface area (Å²) in [6.07, 6.45) is 1.84. The van der Waals surface area contributed by atoms with Crippen molar-refractivity contribution >= 4 is 37.5 Å². The molecule has 1 N–H and O–H groups in total. The standard InChI is InChI=1S/C21H27BrN2O4S/c1-16-6-4-7-19(14-16)28-13-11-23-21(25)8-5-12-24(29(3,26)27)18-9-10-20(22)17(2)15-18/h4,6-7,9-10,14-15H,5,8,11-13H2,1-3H3,(H,23,25). The van der Waals surface area contributed by atoms with E-state index >= 15 is 0 Å². The van der Waals surface area contributed by atoms with Gasteiger partial charge in [-0.25, -0.2) is 8.42 Å². The maximum Gasteiger partial charge on any atom is 0.232 e. The first-order chi connectivity index (χ1) is 13.7. The molecule has 1 amide bonds. The molecule has 0 aromatic heterocycles. The molecule has 0 saturated carbocycles. The number of ether oxygens (including phenoxy) is 1. The fraction of sp³-hybridized carbons (Fsp3) is 0.381. The number of nitrogens with zero attached hydrogens (tertiary/aromatic N) is 1. The number of rotatable bonds is 10. The van der Waals surface area contributed by atoms with E-state index in [1.165, 1.54) is 10.6 Å². The number of nitrogens with one attached hydrogen (secondary N) is 1. The number of hydrogen-bond acceptors (Lipinski definition) is 4. The van der Waals surface area contributed by atoms with E-state index < -0.39 is 10.0 Å². The number of halogens is 1. The van der Waals surface area contributed by atoms with Crippen LogP contribution < -0.4 is 14.4 Å². The lowest BCUT2D eigenvalue weighted by molar-refractivity contribution is -0.121. The Morgan fingerprint density at radius 1 is 1.17 bits per heavy atom. The lowest BCUT2D eigenvalue weighted by Crippen LogP contribution is -2.33. The number of sulfonamides is 1. The monoisotopic (exact) mass is 482 g/mol. The van der Waals surface area contributed by atoms with Crippen LogP contribution in [0, 0.1) is 13.8 Å². The van der Waals surface area contributed by atoms with Crippen molar-refractivity contribution < 1.29 is 17.9 Å². The lowest BCUT2D eigenvalue weighted by atomic mass is 10.2. The summed E-state index contributed by atoms with van der Waals surface area (Å²) < 4.78 is 32.2. The van der Waals surface area contributed by atoms with Gasteiger partial charge in [0, 0.05) is 17.4 Å². The Labute approximate surface area is 181 Å². The van der Waals surface area contributed by atoms with Gasteiger partial charge in [-0.2, -0.15) is 0 Å². The summed E-state index contributed by atoms with van der Waals surface area (Å²) in [4.78, 5) is 12.0. The minimum atomic E-state index is -3.43. The predicted molar refractivity (Wildman–Crippen MR) is 120 cm³/mol. The molecule has 0 bridgehead atoms. The molecular formula is C21H27BrN2O4S. The summed E-state index contributed by atoms with van der Waals surface area (Å²) in [5, 5.41) is 2.80. The normalized spacial score (nSPS) is 11.2. The molecule has 2 aromatic carbocycles. The highest BCUT2D eigenvalue weighted by Gasteiger charge is 2.18. The van der Waals surface area contributed by atoms with E-state index in [1.807, 2.05) is 50.2 Å². The van der Waals surface area contributed by atoms with Gasteiger partial charge in [0.15, 0.2) is 0 Å². The Balaban J connectivity index is 1.78. The number of carbonyl (C=O) groups excluding carboxylic acids is 1. The third-order valence-electron chi connectivity index (χ3n) is 4.28. The van der Waals surface area contributed by atoms with Crippen LogP contribution in [0.4, 0.5) is 5.69 Å². The molecule has 0 aliphatic rings. The first kappa shape index (κ1) is 23.2. The van der Waals surface area contributed by atoms with Crippen LogP contribution in [-0.2, 0) is 14.8 Å². The number of hydrogen-bond donors (Lipinski definition) is 1. The zero-order valence-electron chi connectivity index (χ0n) is 16.9. The lowest BCUT2D eigenvalue weighted by Gasteiger charge is -2.23. The van der Waals surface area contributed by atoms with Crippen LogP contribution in [0.15, 0.2) is 46.9 Å². The van der Waals surface area contributed by atoms with Crippen LogP contribution in [0.5, 0.6) is 5.75 Å². The SMILES string of the molecule is Cc1cccc(OCCNC(=O)CCCN(c2ccc(Br)c(C)c2)S(C)(=O)=O)c1. The zero-order valence-corrected chi connectivity index (χ0v) is 19.3. The van der Waals surface area contributed by atoms with Crippen molar-refractivity contribution in [2.45, 2.75) is 26.7 Å². The van der Waals surface area contributed by atoms with Crippen molar-refractivity contribution in [2.24, 2.45) is 0 Å². The van der Waals surface area contributed by atoms with Gasteiger partial charge in [0.2, 0.25) is 15.9 Å². The molecule has 6 nitrogen and oxygen atoms in total. The van der Waals surface area contributed by atoms with Crippen LogP contribution in [-0.4, -0.2) is 40.3 Å². The summed E-state index contributed by atoms with van der Waals surface area (Å²) in [6, 6.07) is 13.1. The molecule has 0 unspecified atom stereocenters. The predicted octanol–water partition coefficient (Wildman–Crippen LogP) is 3.81. The molecule has 0 spiro atoms. The van der Waals surface area contributed by atoms with Crippen molar-refractivity contribution in [3.63, 3.8) is 0 Å². The third-order valence-corrected chi connectivity index (χ3v) is 6.36. The highest BCUT2D eigenvalue weighted by molar-refractivity contribution is 9.10. The number of amides is 1. The summed E-state index contributed by atoms with van der Waals surface area (Å²) in [6.45, 7) is 4.91. The summed E-state index contributed by atoms with van der Waals surface area (Å²) in [5.74, 6) is 0.645. The highest BCUT2D eigenvalue weighted by Crippen LogP contribution is 2.25. The van der Waals surface area contributed by atoms with Crippen molar-refractivity contribution in [1.29, 1.82) is 0 Å². The van der Waals surface area contributed by atoms with Gasteiger partial charge >= 0.3 is 0 Å². The second-order valence-electron chi connectivity index (χ2n) is 6.89. The highest BCUT2D eigenvalue weighted by atomic mass is 79.9. The van der Waals surface area contributed by atoms with Gasteiger partial charge in [-0.1, -0.05) is 28.1 Å². The smallest absolute Gasteiger partial charge is 0.232 e. The molecule has 0 saturated heterocycles. The Bertz CT molecular complexity index is 947. The van der Waals surface area contributed by atoms with Crippen LogP contribution in [0.3, 0.4) is 0 Å². The molecule has 0 radical (unpaired) electrons. The number of benzene rings is 2. The molecule has 0 heterocycles. The van der Waals surface area contributed by atoms with Crippen LogP contribution in [0.2, 0.25) is 0 Å². The molecule has 0 atom stereocenters. The summed E-state index contributed by atoms with van der Waals surface area (Å²) >= 11 is 3.42. The third kappa shape index (κ3) is 7.70. The van der Waals surface area contributed by atoms with E-state index in [9.17, 15) is 13.2 Å². The van der Waals surface area contributed by atoms with Crippen molar-refractivity contribution in [3.8, 4) is 5.75 Å². The first-order valence-corrected chi connectivity index (χ1v) is 12.0. The minimum Gasteiger partial charge on any atom is -0.492 e. The molecule has 158 valence electrons. The van der Waals surface area contributed by atoms with Gasteiger partial charge in [0.1, 0.15) is 12.4 Å². The molecule has 0 fully saturated rings. The second kappa shape index (κ2) is 10.6. The van der Waals surface area contributed by atoms with Gasteiger partial charge < -0.3 is 10.1 Å². The summed E-state index contributed by atoms with van der Waals surface area (Å²) in [7, 11) is -3.43. The topological polar surface area (TPSA) is 75.7 Å². The van der Waals surface area contributed by atoms with E-state index in [2.05, 4.69) is 21.2 Å². The number of anilines is 1. The van der Waals surface area contributed by atoms with Gasteiger partial charge in [-0.05, 0) is 61.7 Å². The Morgan fingerprint density at radius 3 is 2.59 bits per heavy atom. The van der Waals surface area contributed by atoms with Gasteiger partial charge in [-0.15, -0.1) is 0 Å². The van der Waals surface area contributed by atoms with Crippen molar-refractivity contribution in [3.05, 3.63) is 58.1 Å². The molecule has 0 aliphatic heterocycles. The summed E-state index contributed by atoms with van der Waals surface area (Å²) in [5.41, 5.74) is 2.66. The maximum atomic E-state index is 12.2. The minimum absolute atomic E-state index is 0.127. The molecule has 29 heavy (non-hydrogen) atoms. The van der Waals surface area contributed by atoms with Gasteiger partial charge in [0.25, 0.3) is 0 Å². The van der Waals surface area contributed by atoms with Crippen molar-refractivity contribution in [2.75, 3.05) is 30.3 Å². The Hall–Kier alpha value is -2.06.